The molecule has 1 aromatic heterocycles. The molecule has 0 fully saturated rings. The van der Waals surface area contributed by atoms with Crippen molar-refractivity contribution in [2.24, 2.45) is 0 Å². The quantitative estimate of drug-likeness (QED) is 0.786. The van der Waals surface area contributed by atoms with Crippen molar-refractivity contribution in [1.82, 2.24) is 4.98 Å². The van der Waals surface area contributed by atoms with E-state index in [0.717, 1.165) is 10.5 Å². The van der Waals surface area contributed by atoms with Crippen molar-refractivity contribution < 1.29 is 9.18 Å². The summed E-state index contributed by atoms with van der Waals surface area (Å²) in [5, 5.41) is 0.492. The molecule has 2 nitrogen and oxygen atoms in total. The molecule has 0 amide bonds. The lowest BCUT2D eigenvalue weighted by Crippen LogP contribution is -2.06. The highest BCUT2D eigenvalue weighted by molar-refractivity contribution is 8.00. The molecule has 0 atom stereocenters. The first kappa shape index (κ1) is 14.0. The van der Waals surface area contributed by atoms with Gasteiger partial charge in [0.05, 0.1) is 10.8 Å². The van der Waals surface area contributed by atoms with Gasteiger partial charge in [0.25, 0.3) is 0 Å². The highest BCUT2D eigenvalue weighted by atomic mass is 35.5. The van der Waals surface area contributed by atoms with Crippen LogP contribution in [0.15, 0.2) is 47.6 Å². The van der Waals surface area contributed by atoms with Crippen LogP contribution in [0, 0.1) is 5.82 Å². The second kappa shape index (κ2) is 6.68. The van der Waals surface area contributed by atoms with Crippen LogP contribution >= 0.6 is 23.4 Å². The molecule has 98 valence electrons. The number of carbonyl (C=O) groups is 1. The number of hydrogen-bond donors (Lipinski definition) is 0. The van der Waals surface area contributed by atoms with E-state index in [4.69, 9.17) is 11.6 Å². The summed E-state index contributed by atoms with van der Waals surface area (Å²) in [5.74, 6) is 0.0410. The van der Waals surface area contributed by atoms with Gasteiger partial charge in [0.2, 0.25) is 0 Å². The lowest BCUT2D eigenvalue weighted by molar-refractivity contribution is -0.116. The molecule has 0 N–H and O–H groups in total. The third-order valence-electron chi connectivity index (χ3n) is 2.44. The second-order valence-electron chi connectivity index (χ2n) is 3.93. The number of hydrogen-bond acceptors (Lipinski definition) is 3. The Bertz CT molecular complexity index is 591. The number of benzene rings is 1. The van der Waals surface area contributed by atoms with Crippen LogP contribution in [0.5, 0.6) is 0 Å². The monoisotopic (exact) mass is 295 g/mol. The number of thioether (sulfide) groups is 1. The lowest BCUT2D eigenvalue weighted by Gasteiger charge is -2.03. The molecule has 1 heterocycles. The van der Waals surface area contributed by atoms with Crippen molar-refractivity contribution >= 4 is 29.1 Å². The third-order valence-corrected chi connectivity index (χ3v) is 3.83. The number of carbonyl (C=O) groups excluding carboxylic acids is 1. The Labute approximate surface area is 120 Å². The van der Waals surface area contributed by atoms with E-state index in [1.54, 1.807) is 24.4 Å². The summed E-state index contributed by atoms with van der Waals surface area (Å²) in [6.07, 6.45) is 3.39. The Morgan fingerprint density at radius 2 is 2.21 bits per heavy atom. The molecule has 0 aliphatic heterocycles. The first-order valence-corrected chi connectivity index (χ1v) is 7.00. The smallest absolute Gasteiger partial charge is 0.147 e. The minimum atomic E-state index is -0.297. The minimum absolute atomic E-state index is 0.0439. The van der Waals surface area contributed by atoms with Crippen LogP contribution in [0.2, 0.25) is 5.02 Å². The van der Waals surface area contributed by atoms with E-state index in [1.807, 2.05) is 0 Å². The number of rotatable bonds is 5. The maximum atomic E-state index is 13.0. The van der Waals surface area contributed by atoms with Crippen molar-refractivity contribution in [3.63, 3.8) is 0 Å². The Morgan fingerprint density at radius 3 is 2.95 bits per heavy atom. The predicted molar refractivity (Wildman–Crippen MR) is 75.1 cm³/mol. The zero-order chi connectivity index (χ0) is 13.7. The average molecular weight is 296 g/mol. The number of ketones is 1. The van der Waals surface area contributed by atoms with E-state index < -0.39 is 0 Å². The van der Waals surface area contributed by atoms with Gasteiger partial charge in [-0.15, -0.1) is 11.8 Å². The van der Waals surface area contributed by atoms with Crippen LogP contribution in [0.4, 0.5) is 4.39 Å². The molecule has 0 saturated carbocycles. The van der Waals surface area contributed by atoms with Crippen LogP contribution in [0.1, 0.15) is 5.56 Å². The number of Topliss-reactive ketones (excluding diaryl/α,β-unsaturated/α-hetero) is 1. The summed E-state index contributed by atoms with van der Waals surface area (Å²) in [4.78, 5) is 16.4. The average Bonchev–Trinajstić information content (AvgIpc) is 2.39. The third kappa shape index (κ3) is 4.33. The Hall–Kier alpha value is -1.39. The molecule has 0 spiro atoms. The molecule has 0 saturated heterocycles. The van der Waals surface area contributed by atoms with E-state index in [-0.39, 0.29) is 18.0 Å². The fourth-order valence-corrected chi connectivity index (χ4v) is 2.52. The van der Waals surface area contributed by atoms with E-state index >= 15 is 0 Å². The maximum absolute atomic E-state index is 13.0. The summed E-state index contributed by atoms with van der Waals surface area (Å²) >= 11 is 7.25. The van der Waals surface area contributed by atoms with Gasteiger partial charge in [0, 0.05) is 23.7 Å². The molecule has 0 aliphatic carbocycles. The molecule has 2 aromatic rings. The van der Waals surface area contributed by atoms with Crippen molar-refractivity contribution in [3.05, 3.63) is 59.1 Å². The van der Waals surface area contributed by atoms with E-state index in [1.165, 1.54) is 30.1 Å². The fraction of sp³-hybridized carbons (Fsp3) is 0.143. The van der Waals surface area contributed by atoms with E-state index in [2.05, 4.69) is 4.98 Å². The lowest BCUT2D eigenvalue weighted by atomic mass is 10.1. The zero-order valence-corrected chi connectivity index (χ0v) is 11.5. The molecule has 0 radical (unpaired) electrons. The summed E-state index contributed by atoms with van der Waals surface area (Å²) < 4.78 is 13.0. The number of halogens is 2. The van der Waals surface area contributed by atoms with Gasteiger partial charge in [0.15, 0.2) is 0 Å². The molecule has 1 aromatic carbocycles. The van der Waals surface area contributed by atoms with Crippen LogP contribution in [0.25, 0.3) is 0 Å². The van der Waals surface area contributed by atoms with Gasteiger partial charge in [-0.1, -0.05) is 17.7 Å². The summed E-state index contributed by atoms with van der Waals surface area (Å²) in [6.45, 7) is 0. The van der Waals surface area contributed by atoms with Gasteiger partial charge in [-0.05, 0) is 29.8 Å². The van der Waals surface area contributed by atoms with Gasteiger partial charge < -0.3 is 0 Å². The molecule has 0 unspecified atom stereocenters. The molecule has 5 heteroatoms. The molecule has 0 bridgehead atoms. The fourth-order valence-electron chi connectivity index (χ4n) is 1.53. The van der Waals surface area contributed by atoms with E-state index in [0.29, 0.717) is 10.8 Å². The Kier molecular flexibility index (Phi) is 4.93. The summed E-state index contributed by atoms with van der Waals surface area (Å²) in [6, 6.07) is 7.93. The van der Waals surface area contributed by atoms with Gasteiger partial charge in [-0.25, -0.2) is 4.39 Å². The molecule has 2 rings (SSSR count). The molecule has 0 aliphatic rings. The Morgan fingerprint density at radius 1 is 1.37 bits per heavy atom. The van der Waals surface area contributed by atoms with Crippen molar-refractivity contribution in [2.75, 3.05) is 5.75 Å². The highest BCUT2D eigenvalue weighted by Gasteiger charge is 2.08. The SMILES string of the molecule is O=C(CSc1cccc(F)c1)Cc1ccncc1Cl. The standard InChI is InChI=1S/C14H11ClFNOS/c15-14-8-17-5-4-10(14)6-12(18)9-19-13-3-1-2-11(16)7-13/h1-5,7-8H,6,9H2. The van der Waals surface area contributed by atoms with Crippen molar-refractivity contribution in [1.29, 1.82) is 0 Å². The number of aromatic nitrogens is 1. The van der Waals surface area contributed by atoms with Crippen LogP contribution in [-0.4, -0.2) is 16.5 Å². The van der Waals surface area contributed by atoms with Gasteiger partial charge in [0.1, 0.15) is 11.6 Å². The second-order valence-corrected chi connectivity index (χ2v) is 5.38. The topological polar surface area (TPSA) is 30.0 Å². The molecule has 19 heavy (non-hydrogen) atoms. The van der Waals surface area contributed by atoms with Crippen LogP contribution in [0.3, 0.4) is 0 Å². The Balaban J connectivity index is 1.90. The molecular formula is C14H11ClFNOS. The maximum Gasteiger partial charge on any atom is 0.147 e. The van der Waals surface area contributed by atoms with Crippen LogP contribution in [-0.2, 0) is 11.2 Å². The molecular weight excluding hydrogens is 285 g/mol. The first-order chi connectivity index (χ1) is 9.15. The largest absolute Gasteiger partial charge is 0.298 e. The summed E-state index contributed by atoms with van der Waals surface area (Å²) in [5.41, 5.74) is 0.765. The van der Waals surface area contributed by atoms with Crippen LogP contribution < -0.4 is 0 Å². The van der Waals surface area contributed by atoms with Crippen molar-refractivity contribution in [3.8, 4) is 0 Å². The van der Waals surface area contributed by atoms with Gasteiger partial charge in [-0.2, -0.15) is 0 Å². The number of nitrogens with zero attached hydrogens (tertiary/aromatic N) is 1. The predicted octanol–water partition coefficient (Wildman–Crippen LogP) is 3.78. The zero-order valence-electron chi connectivity index (χ0n) is 9.98. The normalized spacial score (nSPS) is 10.4. The van der Waals surface area contributed by atoms with Gasteiger partial charge in [-0.3, -0.25) is 9.78 Å². The van der Waals surface area contributed by atoms with E-state index in [9.17, 15) is 9.18 Å². The summed E-state index contributed by atoms with van der Waals surface area (Å²) in [7, 11) is 0. The highest BCUT2D eigenvalue weighted by Crippen LogP contribution is 2.20. The minimum Gasteiger partial charge on any atom is -0.298 e. The first-order valence-electron chi connectivity index (χ1n) is 5.63. The van der Waals surface area contributed by atoms with Gasteiger partial charge >= 0.3 is 0 Å². The van der Waals surface area contributed by atoms with Crippen molar-refractivity contribution in [2.45, 2.75) is 11.3 Å². The number of pyridine rings is 1.